The van der Waals surface area contributed by atoms with Gasteiger partial charge in [-0.1, -0.05) is 0 Å². The summed E-state index contributed by atoms with van der Waals surface area (Å²) in [6.45, 7) is 1.46. The van der Waals surface area contributed by atoms with E-state index in [4.69, 9.17) is 4.42 Å². The van der Waals surface area contributed by atoms with Crippen LogP contribution in [-0.4, -0.2) is 33.0 Å². The van der Waals surface area contributed by atoms with Crippen molar-refractivity contribution in [1.82, 2.24) is 14.0 Å². The predicted molar refractivity (Wildman–Crippen MR) is 98.6 cm³/mol. The van der Waals surface area contributed by atoms with Crippen LogP contribution in [0.15, 0.2) is 43.8 Å². The second kappa shape index (κ2) is 6.95. The maximum atomic E-state index is 13.0. The lowest BCUT2D eigenvalue weighted by Crippen LogP contribution is -2.44. The number of furan rings is 1. The molecule has 4 rings (SSSR count). The van der Waals surface area contributed by atoms with Crippen LogP contribution >= 0.6 is 11.3 Å². The number of carbonyl (C=O) groups is 1. The molecular formula is C18H19N3O4S. The summed E-state index contributed by atoms with van der Waals surface area (Å²) in [6.07, 6.45) is 4.62. The molecule has 1 aliphatic heterocycles. The number of fused-ring (bicyclic) bond motifs is 1. The van der Waals surface area contributed by atoms with Gasteiger partial charge >= 0.3 is 5.69 Å². The van der Waals surface area contributed by atoms with E-state index in [9.17, 15) is 14.4 Å². The third-order valence-corrected chi connectivity index (χ3v) is 5.62. The minimum absolute atomic E-state index is 0.0511. The van der Waals surface area contributed by atoms with Crippen molar-refractivity contribution in [3.63, 3.8) is 0 Å². The van der Waals surface area contributed by atoms with E-state index in [0.717, 1.165) is 36.9 Å². The molecule has 0 aromatic carbocycles. The quantitative estimate of drug-likeness (QED) is 0.700. The van der Waals surface area contributed by atoms with E-state index in [1.54, 1.807) is 28.5 Å². The van der Waals surface area contributed by atoms with Crippen molar-refractivity contribution in [2.45, 2.75) is 32.4 Å². The van der Waals surface area contributed by atoms with Crippen molar-refractivity contribution in [2.24, 2.45) is 0 Å². The van der Waals surface area contributed by atoms with Gasteiger partial charge in [0.05, 0.1) is 18.3 Å². The van der Waals surface area contributed by atoms with Crippen LogP contribution < -0.4 is 11.2 Å². The Kier molecular flexibility index (Phi) is 4.50. The van der Waals surface area contributed by atoms with Gasteiger partial charge in [-0.2, -0.15) is 0 Å². The number of likely N-dealkylation sites (tertiary alicyclic amines) is 1. The highest BCUT2D eigenvalue weighted by atomic mass is 32.1. The Morgan fingerprint density at radius 1 is 1.12 bits per heavy atom. The summed E-state index contributed by atoms with van der Waals surface area (Å²) in [6, 6.07) is 5.15. The lowest BCUT2D eigenvalue weighted by molar-refractivity contribution is -0.132. The molecule has 0 saturated carbocycles. The lowest BCUT2D eigenvalue weighted by Gasteiger charge is -2.27. The molecule has 3 aromatic rings. The van der Waals surface area contributed by atoms with Crippen LogP contribution in [0.4, 0.5) is 0 Å². The Morgan fingerprint density at radius 2 is 1.92 bits per heavy atom. The molecule has 0 atom stereocenters. The van der Waals surface area contributed by atoms with Crippen LogP contribution in [0.2, 0.25) is 0 Å². The molecule has 1 aliphatic rings. The van der Waals surface area contributed by atoms with Gasteiger partial charge in [0.2, 0.25) is 5.91 Å². The van der Waals surface area contributed by atoms with Gasteiger partial charge in [-0.3, -0.25) is 18.7 Å². The first-order chi connectivity index (χ1) is 12.6. The van der Waals surface area contributed by atoms with Crippen LogP contribution in [0.5, 0.6) is 0 Å². The van der Waals surface area contributed by atoms with Gasteiger partial charge in [0, 0.05) is 13.1 Å². The maximum Gasteiger partial charge on any atom is 0.332 e. The Balaban J connectivity index is 1.75. The van der Waals surface area contributed by atoms with Crippen molar-refractivity contribution in [1.29, 1.82) is 0 Å². The van der Waals surface area contributed by atoms with Gasteiger partial charge < -0.3 is 9.32 Å². The molecule has 4 heterocycles. The van der Waals surface area contributed by atoms with Gasteiger partial charge in [0.25, 0.3) is 5.56 Å². The molecule has 1 fully saturated rings. The highest BCUT2D eigenvalue weighted by Crippen LogP contribution is 2.16. The summed E-state index contributed by atoms with van der Waals surface area (Å²) in [5.74, 6) is 0.441. The number of hydrogen-bond donors (Lipinski definition) is 0. The summed E-state index contributed by atoms with van der Waals surface area (Å²) in [4.78, 5) is 40.1. The zero-order valence-electron chi connectivity index (χ0n) is 14.2. The zero-order valence-corrected chi connectivity index (χ0v) is 15.0. The second-order valence-electron chi connectivity index (χ2n) is 6.42. The van der Waals surface area contributed by atoms with E-state index in [2.05, 4.69) is 0 Å². The van der Waals surface area contributed by atoms with Crippen LogP contribution in [0, 0.1) is 0 Å². The first-order valence-corrected chi connectivity index (χ1v) is 9.54. The van der Waals surface area contributed by atoms with Crippen LogP contribution in [-0.2, 0) is 17.9 Å². The molecule has 0 unspecified atom stereocenters. The molecule has 0 N–H and O–H groups in total. The molecule has 8 heteroatoms. The number of thiophene rings is 1. The fourth-order valence-corrected chi connectivity index (χ4v) is 4.21. The molecule has 3 aromatic heterocycles. The number of aromatic nitrogens is 2. The van der Waals surface area contributed by atoms with Gasteiger partial charge in [-0.25, -0.2) is 4.79 Å². The number of nitrogens with zero attached hydrogens (tertiary/aromatic N) is 3. The number of amides is 1. The number of piperidine rings is 1. The minimum atomic E-state index is -0.484. The molecule has 0 radical (unpaired) electrons. The van der Waals surface area contributed by atoms with E-state index in [1.807, 2.05) is 0 Å². The average Bonchev–Trinajstić information content (AvgIpc) is 3.34. The van der Waals surface area contributed by atoms with E-state index in [-0.39, 0.29) is 24.6 Å². The van der Waals surface area contributed by atoms with Gasteiger partial charge in [-0.15, -0.1) is 11.3 Å². The SMILES string of the molecule is O=C(Cn1c(=O)n(Cc2ccco2)c(=O)c2sccc21)N1CCCCC1. The van der Waals surface area contributed by atoms with Crippen molar-refractivity contribution < 1.29 is 9.21 Å². The largest absolute Gasteiger partial charge is 0.467 e. The standard InChI is InChI=1S/C18H19N3O4S/c22-15(19-7-2-1-3-8-19)12-20-14-6-10-26-16(14)17(23)21(18(20)24)11-13-5-4-9-25-13/h4-6,9-10H,1-3,7-8,11-12H2. The third kappa shape index (κ3) is 3.01. The molecule has 0 bridgehead atoms. The third-order valence-electron chi connectivity index (χ3n) is 4.73. The fraction of sp³-hybridized carbons (Fsp3) is 0.389. The number of rotatable bonds is 4. The first-order valence-electron chi connectivity index (χ1n) is 8.66. The highest BCUT2D eigenvalue weighted by molar-refractivity contribution is 7.17. The topological polar surface area (TPSA) is 77.5 Å². The highest BCUT2D eigenvalue weighted by Gasteiger charge is 2.21. The molecule has 1 amide bonds. The van der Waals surface area contributed by atoms with Crippen LogP contribution in [0.3, 0.4) is 0 Å². The van der Waals surface area contributed by atoms with Crippen molar-refractivity contribution in [2.75, 3.05) is 13.1 Å². The number of hydrogen-bond acceptors (Lipinski definition) is 5. The van der Waals surface area contributed by atoms with Gasteiger partial charge in [-0.05, 0) is 42.8 Å². The Labute approximate surface area is 153 Å². The minimum Gasteiger partial charge on any atom is -0.467 e. The summed E-state index contributed by atoms with van der Waals surface area (Å²) >= 11 is 1.28. The molecule has 7 nitrogen and oxygen atoms in total. The molecular weight excluding hydrogens is 354 g/mol. The molecule has 1 saturated heterocycles. The van der Waals surface area contributed by atoms with Crippen molar-refractivity contribution >= 4 is 27.5 Å². The summed E-state index contributed by atoms with van der Waals surface area (Å²) < 4.78 is 8.30. The monoisotopic (exact) mass is 373 g/mol. The van der Waals surface area contributed by atoms with Crippen LogP contribution in [0.25, 0.3) is 10.2 Å². The van der Waals surface area contributed by atoms with Gasteiger partial charge in [0.1, 0.15) is 17.0 Å². The van der Waals surface area contributed by atoms with Crippen LogP contribution in [0.1, 0.15) is 25.0 Å². The van der Waals surface area contributed by atoms with E-state index in [0.29, 0.717) is 16.0 Å². The first kappa shape index (κ1) is 16.8. The van der Waals surface area contributed by atoms with Crippen molar-refractivity contribution in [3.8, 4) is 0 Å². The fourth-order valence-electron chi connectivity index (χ4n) is 3.36. The van der Waals surface area contributed by atoms with Crippen molar-refractivity contribution in [3.05, 3.63) is 56.4 Å². The van der Waals surface area contributed by atoms with Gasteiger partial charge in [0.15, 0.2) is 0 Å². The zero-order chi connectivity index (χ0) is 18.1. The maximum absolute atomic E-state index is 13.0. The predicted octanol–water partition coefficient (Wildman–Crippen LogP) is 1.88. The Bertz CT molecular complexity index is 1040. The lowest BCUT2D eigenvalue weighted by atomic mass is 10.1. The van der Waals surface area contributed by atoms with E-state index >= 15 is 0 Å². The summed E-state index contributed by atoms with van der Waals surface area (Å²) in [5.41, 5.74) is -0.313. The average molecular weight is 373 g/mol. The Morgan fingerprint density at radius 3 is 2.65 bits per heavy atom. The normalized spacial score (nSPS) is 14.8. The molecule has 26 heavy (non-hydrogen) atoms. The second-order valence-corrected chi connectivity index (χ2v) is 7.33. The molecule has 136 valence electrons. The summed E-state index contributed by atoms with van der Waals surface area (Å²) in [5, 5.41) is 1.77. The smallest absolute Gasteiger partial charge is 0.332 e. The summed E-state index contributed by atoms with van der Waals surface area (Å²) in [7, 11) is 0. The van der Waals surface area contributed by atoms with E-state index < -0.39 is 5.69 Å². The number of carbonyl (C=O) groups excluding carboxylic acids is 1. The van der Waals surface area contributed by atoms with E-state index in [1.165, 1.54) is 22.2 Å². The molecule has 0 spiro atoms. The molecule has 0 aliphatic carbocycles. The Hall–Kier alpha value is -2.61.